The molecular formula is C12H25NO2. The summed E-state index contributed by atoms with van der Waals surface area (Å²) in [4.78, 5) is 0. The summed E-state index contributed by atoms with van der Waals surface area (Å²) in [5.74, 6) is 0.692. The fourth-order valence-electron chi connectivity index (χ4n) is 2.26. The largest absolute Gasteiger partial charge is 0.396 e. The zero-order chi connectivity index (χ0) is 10.9. The van der Waals surface area contributed by atoms with Crippen LogP contribution in [0.3, 0.4) is 0 Å². The van der Waals surface area contributed by atoms with Crippen molar-refractivity contribution in [3.63, 3.8) is 0 Å². The molecule has 0 aromatic carbocycles. The van der Waals surface area contributed by atoms with E-state index in [9.17, 15) is 5.11 Å². The maximum atomic E-state index is 9.35. The van der Waals surface area contributed by atoms with E-state index in [4.69, 9.17) is 5.11 Å². The Bertz CT molecular complexity index is 153. The zero-order valence-electron chi connectivity index (χ0n) is 9.62. The van der Waals surface area contributed by atoms with Gasteiger partial charge >= 0.3 is 0 Å². The SMILES string of the molecule is OCCCCCCNCC1CCC(O)C1. The van der Waals surface area contributed by atoms with Gasteiger partial charge in [0.15, 0.2) is 0 Å². The molecule has 0 aromatic rings. The molecule has 0 heterocycles. The first-order valence-corrected chi connectivity index (χ1v) is 6.32. The summed E-state index contributed by atoms with van der Waals surface area (Å²) < 4.78 is 0. The van der Waals surface area contributed by atoms with Crippen molar-refractivity contribution < 1.29 is 10.2 Å². The molecule has 3 heteroatoms. The van der Waals surface area contributed by atoms with Crippen LogP contribution in [0.25, 0.3) is 0 Å². The molecule has 1 saturated carbocycles. The van der Waals surface area contributed by atoms with E-state index in [1.54, 1.807) is 0 Å². The molecule has 0 bridgehead atoms. The van der Waals surface area contributed by atoms with Crippen LogP contribution in [-0.2, 0) is 0 Å². The topological polar surface area (TPSA) is 52.5 Å². The van der Waals surface area contributed by atoms with Gasteiger partial charge < -0.3 is 15.5 Å². The van der Waals surface area contributed by atoms with Crippen molar-refractivity contribution in [2.45, 2.75) is 51.0 Å². The van der Waals surface area contributed by atoms with Crippen LogP contribution in [0.15, 0.2) is 0 Å². The average molecular weight is 215 g/mol. The summed E-state index contributed by atoms with van der Waals surface area (Å²) in [6.07, 6.45) is 7.60. The number of aliphatic hydroxyl groups excluding tert-OH is 2. The first-order valence-electron chi connectivity index (χ1n) is 6.32. The highest BCUT2D eigenvalue weighted by molar-refractivity contribution is 4.75. The Labute approximate surface area is 92.9 Å². The minimum absolute atomic E-state index is 0.0404. The van der Waals surface area contributed by atoms with Gasteiger partial charge in [-0.15, -0.1) is 0 Å². The predicted molar refractivity (Wildman–Crippen MR) is 61.8 cm³/mol. The van der Waals surface area contributed by atoms with Crippen molar-refractivity contribution in [2.24, 2.45) is 5.92 Å². The van der Waals surface area contributed by atoms with Gasteiger partial charge in [0.1, 0.15) is 0 Å². The molecule has 0 spiro atoms. The van der Waals surface area contributed by atoms with Crippen molar-refractivity contribution in [3.05, 3.63) is 0 Å². The summed E-state index contributed by atoms with van der Waals surface area (Å²) in [6, 6.07) is 0. The van der Waals surface area contributed by atoms with Gasteiger partial charge in [-0.05, 0) is 51.1 Å². The molecule has 0 saturated heterocycles. The van der Waals surface area contributed by atoms with E-state index in [0.29, 0.717) is 12.5 Å². The standard InChI is InChI=1S/C12H25NO2/c14-8-4-2-1-3-7-13-10-11-5-6-12(15)9-11/h11-15H,1-10H2. The maximum Gasteiger partial charge on any atom is 0.0543 e. The fourth-order valence-corrected chi connectivity index (χ4v) is 2.26. The van der Waals surface area contributed by atoms with Crippen LogP contribution in [0.4, 0.5) is 0 Å². The Balaban J connectivity index is 1.81. The number of rotatable bonds is 8. The van der Waals surface area contributed by atoms with Crippen molar-refractivity contribution in [2.75, 3.05) is 19.7 Å². The van der Waals surface area contributed by atoms with Gasteiger partial charge in [-0.2, -0.15) is 0 Å². The number of hydrogen-bond donors (Lipinski definition) is 3. The molecule has 1 rings (SSSR count). The third-order valence-electron chi connectivity index (χ3n) is 3.21. The molecule has 0 radical (unpaired) electrons. The number of unbranched alkanes of at least 4 members (excludes halogenated alkanes) is 3. The van der Waals surface area contributed by atoms with Crippen molar-refractivity contribution >= 4 is 0 Å². The molecule has 90 valence electrons. The first-order chi connectivity index (χ1) is 7.33. The maximum absolute atomic E-state index is 9.35. The van der Waals surface area contributed by atoms with E-state index in [1.165, 1.54) is 19.3 Å². The molecule has 2 atom stereocenters. The second-order valence-electron chi connectivity index (χ2n) is 4.67. The van der Waals surface area contributed by atoms with E-state index in [0.717, 1.165) is 38.8 Å². The van der Waals surface area contributed by atoms with Gasteiger partial charge in [0.25, 0.3) is 0 Å². The van der Waals surface area contributed by atoms with E-state index >= 15 is 0 Å². The molecular weight excluding hydrogens is 190 g/mol. The minimum atomic E-state index is -0.0404. The highest BCUT2D eigenvalue weighted by atomic mass is 16.3. The monoisotopic (exact) mass is 215 g/mol. The molecule has 1 aliphatic rings. The lowest BCUT2D eigenvalue weighted by Crippen LogP contribution is -2.22. The summed E-state index contributed by atoms with van der Waals surface area (Å²) in [7, 11) is 0. The van der Waals surface area contributed by atoms with Crippen LogP contribution >= 0.6 is 0 Å². The van der Waals surface area contributed by atoms with Gasteiger partial charge in [0, 0.05) is 6.61 Å². The van der Waals surface area contributed by atoms with Crippen LogP contribution < -0.4 is 5.32 Å². The van der Waals surface area contributed by atoms with E-state index in [2.05, 4.69) is 5.32 Å². The summed E-state index contributed by atoms with van der Waals surface area (Å²) in [6.45, 7) is 2.47. The summed E-state index contributed by atoms with van der Waals surface area (Å²) in [5, 5.41) is 21.4. The van der Waals surface area contributed by atoms with Crippen molar-refractivity contribution in [1.29, 1.82) is 0 Å². The second-order valence-corrected chi connectivity index (χ2v) is 4.67. The first kappa shape index (κ1) is 12.9. The van der Waals surface area contributed by atoms with E-state index < -0.39 is 0 Å². The lowest BCUT2D eigenvalue weighted by molar-refractivity contribution is 0.177. The highest BCUT2D eigenvalue weighted by Gasteiger charge is 2.21. The van der Waals surface area contributed by atoms with Crippen LogP contribution in [0.1, 0.15) is 44.9 Å². The fraction of sp³-hybridized carbons (Fsp3) is 1.00. The van der Waals surface area contributed by atoms with Crippen LogP contribution in [0, 0.1) is 5.92 Å². The van der Waals surface area contributed by atoms with Crippen molar-refractivity contribution in [1.82, 2.24) is 5.32 Å². The number of hydrogen-bond acceptors (Lipinski definition) is 3. The minimum Gasteiger partial charge on any atom is -0.396 e. The van der Waals surface area contributed by atoms with Gasteiger partial charge in [-0.1, -0.05) is 12.8 Å². The van der Waals surface area contributed by atoms with E-state index in [-0.39, 0.29) is 6.10 Å². The normalized spacial score (nSPS) is 26.0. The third kappa shape index (κ3) is 6.13. The lowest BCUT2D eigenvalue weighted by atomic mass is 10.1. The molecule has 0 aromatic heterocycles. The highest BCUT2D eigenvalue weighted by Crippen LogP contribution is 2.24. The second kappa shape index (κ2) is 8.08. The molecule has 15 heavy (non-hydrogen) atoms. The van der Waals surface area contributed by atoms with Gasteiger partial charge in [0.05, 0.1) is 6.10 Å². The lowest BCUT2D eigenvalue weighted by Gasteiger charge is -2.10. The predicted octanol–water partition coefficient (Wildman–Crippen LogP) is 1.29. The van der Waals surface area contributed by atoms with Crippen LogP contribution in [0.5, 0.6) is 0 Å². The summed E-state index contributed by atoms with van der Waals surface area (Å²) in [5.41, 5.74) is 0. The van der Waals surface area contributed by atoms with Crippen LogP contribution in [-0.4, -0.2) is 36.0 Å². The molecule has 1 fully saturated rings. The number of aliphatic hydroxyl groups is 2. The molecule has 2 unspecified atom stereocenters. The Morgan fingerprint density at radius 1 is 1.07 bits per heavy atom. The van der Waals surface area contributed by atoms with Crippen molar-refractivity contribution in [3.8, 4) is 0 Å². The average Bonchev–Trinajstić information content (AvgIpc) is 2.63. The molecule has 1 aliphatic carbocycles. The third-order valence-corrected chi connectivity index (χ3v) is 3.21. The van der Waals surface area contributed by atoms with Crippen LogP contribution in [0.2, 0.25) is 0 Å². The zero-order valence-corrected chi connectivity index (χ0v) is 9.62. The molecule has 3 nitrogen and oxygen atoms in total. The van der Waals surface area contributed by atoms with Gasteiger partial charge in [-0.25, -0.2) is 0 Å². The Hall–Kier alpha value is -0.120. The molecule has 3 N–H and O–H groups in total. The molecule has 0 aliphatic heterocycles. The molecule has 0 amide bonds. The Morgan fingerprint density at radius 2 is 1.87 bits per heavy atom. The van der Waals surface area contributed by atoms with Gasteiger partial charge in [-0.3, -0.25) is 0 Å². The van der Waals surface area contributed by atoms with E-state index in [1.807, 2.05) is 0 Å². The quantitative estimate of drug-likeness (QED) is 0.535. The van der Waals surface area contributed by atoms with Gasteiger partial charge in [0.2, 0.25) is 0 Å². The Morgan fingerprint density at radius 3 is 2.53 bits per heavy atom. The number of nitrogens with one attached hydrogen (secondary N) is 1. The smallest absolute Gasteiger partial charge is 0.0543 e. The Kier molecular flexibility index (Phi) is 6.98. The summed E-state index contributed by atoms with van der Waals surface area (Å²) >= 11 is 0.